The lowest BCUT2D eigenvalue weighted by Gasteiger charge is -2.29. The van der Waals surface area contributed by atoms with E-state index in [2.05, 4.69) is 5.32 Å². The van der Waals surface area contributed by atoms with Crippen LogP contribution >= 0.6 is 0 Å². The van der Waals surface area contributed by atoms with E-state index in [-0.39, 0.29) is 30.6 Å². The summed E-state index contributed by atoms with van der Waals surface area (Å²) in [6.07, 6.45) is 1.52. The summed E-state index contributed by atoms with van der Waals surface area (Å²) in [5.74, 6) is 0.519. The van der Waals surface area contributed by atoms with E-state index in [9.17, 15) is 14.0 Å². The summed E-state index contributed by atoms with van der Waals surface area (Å²) in [6.45, 7) is 4.46. The molecule has 2 aromatic carbocycles. The van der Waals surface area contributed by atoms with E-state index in [0.717, 1.165) is 17.5 Å². The van der Waals surface area contributed by atoms with Gasteiger partial charge in [-0.15, -0.1) is 0 Å². The number of methoxy groups -OCH3 is 2. The number of nitrogens with one attached hydrogen (secondary N) is 1. The third-order valence-electron chi connectivity index (χ3n) is 5.06. The quantitative estimate of drug-likeness (QED) is 0.590. The molecule has 0 aliphatic heterocycles. The first kappa shape index (κ1) is 24.2. The van der Waals surface area contributed by atoms with Gasteiger partial charge in [-0.2, -0.15) is 0 Å². The van der Waals surface area contributed by atoms with Crippen molar-refractivity contribution in [2.24, 2.45) is 0 Å². The fourth-order valence-electron chi connectivity index (χ4n) is 3.20. The van der Waals surface area contributed by atoms with Crippen LogP contribution in [0.1, 0.15) is 37.8 Å². The number of benzene rings is 2. The lowest BCUT2D eigenvalue weighted by molar-refractivity contribution is -0.140. The summed E-state index contributed by atoms with van der Waals surface area (Å²) in [7, 11) is 3.13. The highest BCUT2D eigenvalue weighted by atomic mass is 19.1. The van der Waals surface area contributed by atoms with Crippen molar-refractivity contribution in [2.45, 2.75) is 45.7 Å². The average Bonchev–Trinajstić information content (AvgIpc) is 2.79. The second-order valence-corrected chi connectivity index (χ2v) is 7.30. The zero-order valence-corrected chi connectivity index (χ0v) is 18.6. The Bertz CT molecular complexity index is 870. The third kappa shape index (κ3) is 6.98. The minimum Gasteiger partial charge on any atom is -0.493 e. The van der Waals surface area contributed by atoms with E-state index in [1.54, 1.807) is 44.2 Å². The van der Waals surface area contributed by atoms with Gasteiger partial charge in [0, 0.05) is 19.5 Å². The smallest absolute Gasteiger partial charge is 0.242 e. The minimum atomic E-state index is -0.644. The summed E-state index contributed by atoms with van der Waals surface area (Å²) in [4.78, 5) is 27.2. The molecule has 0 aliphatic rings. The molecule has 6 nitrogen and oxygen atoms in total. The largest absolute Gasteiger partial charge is 0.493 e. The van der Waals surface area contributed by atoms with Crippen LogP contribution in [0.4, 0.5) is 4.39 Å². The van der Waals surface area contributed by atoms with Crippen molar-refractivity contribution in [3.8, 4) is 11.5 Å². The Kier molecular flexibility index (Phi) is 9.31. The summed E-state index contributed by atoms with van der Waals surface area (Å²) in [6, 6.07) is 10.8. The molecule has 0 heterocycles. The maximum Gasteiger partial charge on any atom is 0.242 e. The highest BCUT2D eigenvalue weighted by Crippen LogP contribution is 2.28. The maximum absolute atomic E-state index is 13.3. The number of halogens is 1. The highest BCUT2D eigenvalue weighted by Gasteiger charge is 2.25. The fourth-order valence-corrected chi connectivity index (χ4v) is 3.20. The van der Waals surface area contributed by atoms with E-state index in [4.69, 9.17) is 9.47 Å². The Labute approximate surface area is 183 Å². The molecule has 0 saturated carbocycles. The third-order valence-corrected chi connectivity index (χ3v) is 5.06. The van der Waals surface area contributed by atoms with E-state index < -0.39 is 6.04 Å². The van der Waals surface area contributed by atoms with Crippen molar-refractivity contribution in [1.82, 2.24) is 10.2 Å². The number of carbonyl (C=O) groups excluding carboxylic acids is 2. The van der Waals surface area contributed by atoms with Crippen LogP contribution in [0, 0.1) is 5.82 Å². The average molecular weight is 431 g/mol. The Morgan fingerprint density at radius 1 is 1.03 bits per heavy atom. The molecule has 0 saturated heterocycles. The van der Waals surface area contributed by atoms with Gasteiger partial charge < -0.3 is 19.7 Å². The molecule has 0 spiro atoms. The van der Waals surface area contributed by atoms with Crippen LogP contribution in [0.5, 0.6) is 11.5 Å². The van der Waals surface area contributed by atoms with Gasteiger partial charge >= 0.3 is 0 Å². The van der Waals surface area contributed by atoms with E-state index in [1.807, 2.05) is 19.1 Å². The molecule has 0 aromatic heterocycles. The van der Waals surface area contributed by atoms with Crippen molar-refractivity contribution in [3.05, 3.63) is 59.4 Å². The molecule has 0 aliphatic carbocycles. The predicted octanol–water partition coefficient (Wildman–Crippen LogP) is 3.72. The van der Waals surface area contributed by atoms with Crippen molar-refractivity contribution < 1.29 is 23.5 Å². The van der Waals surface area contributed by atoms with Crippen LogP contribution in [0.3, 0.4) is 0 Å². The van der Waals surface area contributed by atoms with Gasteiger partial charge in [0.25, 0.3) is 0 Å². The Balaban J connectivity index is 2.14. The first-order valence-corrected chi connectivity index (χ1v) is 10.4. The Morgan fingerprint density at radius 3 is 2.29 bits per heavy atom. The molecule has 1 unspecified atom stereocenters. The second kappa shape index (κ2) is 11.9. The van der Waals surface area contributed by atoms with Crippen molar-refractivity contribution in [3.63, 3.8) is 0 Å². The second-order valence-electron chi connectivity index (χ2n) is 7.30. The van der Waals surface area contributed by atoms with E-state index in [1.165, 1.54) is 12.1 Å². The van der Waals surface area contributed by atoms with Crippen molar-refractivity contribution >= 4 is 11.8 Å². The number of amides is 2. The molecule has 0 radical (unpaired) electrons. The molecule has 2 amide bonds. The van der Waals surface area contributed by atoms with E-state index in [0.29, 0.717) is 24.5 Å². The Hall–Kier alpha value is -3.09. The van der Waals surface area contributed by atoms with Crippen molar-refractivity contribution in [2.75, 3.05) is 20.8 Å². The van der Waals surface area contributed by atoms with Gasteiger partial charge in [-0.3, -0.25) is 9.59 Å². The number of carbonyl (C=O) groups is 2. The van der Waals surface area contributed by atoms with Gasteiger partial charge in [0.2, 0.25) is 11.8 Å². The number of nitrogens with zero attached hydrogens (tertiary/aromatic N) is 1. The number of hydrogen-bond donors (Lipinski definition) is 1. The van der Waals surface area contributed by atoms with Gasteiger partial charge in [0.1, 0.15) is 11.9 Å². The summed E-state index contributed by atoms with van der Waals surface area (Å²) >= 11 is 0. The zero-order chi connectivity index (χ0) is 22.8. The van der Waals surface area contributed by atoms with Gasteiger partial charge in [0.15, 0.2) is 11.5 Å². The molecule has 1 atom stereocenters. The molecule has 31 heavy (non-hydrogen) atoms. The fraction of sp³-hybridized carbons (Fsp3) is 0.417. The number of rotatable bonds is 11. The minimum absolute atomic E-state index is 0.154. The van der Waals surface area contributed by atoms with Gasteiger partial charge in [-0.05, 0) is 55.2 Å². The SMILES string of the molecule is CCCNC(=O)C(C)N(Cc1ccc(F)cc1)C(=O)CCc1ccc(OC)c(OC)c1. The summed E-state index contributed by atoms with van der Waals surface area (Å²) in [5.41, 5.74) is 1.69. The normalized spacial score (nSPS) is 11.5. The lowest BCUT2D eigenvalue weighted by Crippen LogP contribution is -2.47. The molecule has 0 fully saturated rings. The Morgan fingerprint density at radius 2 is 1.68 bits per heavy atom. The first-order chi connectivity index (χ1) is 14.9. The van der Waals surface area contributed by atoms with Gasteiger partial charge in [0.05, 0.1) is 14.2 Å². The molecule has 168 valence electrons. The molecule has 1 N–H and O–H groups in total. The number of ether oxygens (including phenoxy) is 2. The summed E-state index contributed by atoms with van der Waals surface area (Å²) in [5, 5.41) is 2.84. The van der Waals surface area contributed by atoms with E-state index >= 15 is 0 Å². The van der Waals surface area contributed by atoms with Crippen LogP contribution < -0.4 is 14.8 Å². The van der Waals surface area contributed by atoms with Crippen LogP contribution in [0.2, 0.25) is 0 Å². The molecule has 0 bridgehead atoms. The molecular weight excluding hydrogens is 399 g/mol. The monoisotopic (exact) mass is 430 g/mol. The molecular formula is C24H31FN2O4. The lowest BCUT2D eigenvalue weighted by atomic mass is 10.1. The molecule has 2 aromatic rings. The molecule has 7 heteroatoms. The maximum atomic E-state index is 13.3. The van der Waals surface area contributed by atoms with Crippen LogP contribution in [-0.2, 0) is 22.6 Å². The van der Waals surface area contributed by atoms with Gasteiger partial charge in [-0.1, -0.05) is 25.1 Å². The summed E-state index contributed by atoms with van der Waals surface area (Å²) < 4.78 is 23.8. The number of aryl methyl sites for hydroxylation is 1. The van der Waals surface area contributed by atoms with Crippen molar-refractivity contribution in [1.29, 1.82) is 0 Å². The van der Waals surface area contributed by atoms with Crippen LogP contribution in [-0.4, -0.2) is 43.5 Å². The number of hydrogen-bond acceptors (Lipinski definition) is 4. The topological polar surface area (TPSA) is 67.9 Å². The van der Waals surface area contributed by atoms with Gasteiger partial charge in [-0.25, -0.2) is 4.39 Å². The molecule has 2 rings (SSSR count). The van der Waals surface area contributed by atoms with Crippen LogP contribution in [0.15, 0.2) is 42.5 Å². The van der Waals surface area contributed by atoms with Crippen LogP contribution in [0.25, 0.3) is 0 Å². The predicted molar refractivity (Wildman–Crippen MR) is 118 cm³/mol. The first-order valence-electron chi connectivity index (χ1n) is 10.4. The highest BCUT2D eigenvalue weighted by molar-refractivity contribution is 5.87. The standard InChI is InChI=1S/C24H31FN2O4/c1-5-14-26-24(29)17(2)27(16-19-6-10-20(25)11-7-19)23(28)13-9-18-8-12-21(30-3)22(15-18)31-4/h6-8,10-12,15,17H,5,9,13-14,16H2,1-4H3,(H,26,29). The zero-order valence-electron chi connectivity index (χ0n) is 18.6.